The van der Waals surface area contributed by atoms with Crippen LogP contribution in [0.15, 0.2) is 29.2 Å². The molecule has 0 unspecified atom stereocenters. The molecule has 6 heteroatoms. The molecule has 0 saturated heterocycles. The zero-order valence-corrected chi connectivity index (χ0v) is 15.0. The first kappa shape index (κ1) is 17.4. The van der Waals surface area contributed by atoms with E-state index in [-0.39, 0.29) is 29.4 Å². The Labute approximate surface area is 144 Å². The molecule has 0 aliphatic heterocycles. The lowest BCUT2D eigenvalue weighted by molar-refractivity contribution is -0.121. The van der Waals surface area contributed by atoms with E-state index < -0.39 is 10.0 Å². The third-order valence-corrected chi connectivity index (χ3v) is 6.76. The summed E-state index contributed by atoms with van der Waals surface area (Å²) in [5.41, 5.74) is 1.02. The molecule has 24 heavy (non-hydrogen) atoms. The van der Waals surface area contributed by atoms with Crippen LogP contribution >= 0.6 is 0 Å². The van der Waals surface area contributed by atoms with Crippen molar-refractivity contribution in [3.8, 4) is 0 Å². The summed E-state index contributed by atoms with van der Waals surface area (Å²) in [6, 6.07) is 7.05. The number of sulfonamides is 1. The fourth-order valence-electron chi connectivity index (χ4n) is 3.27. The number of rotatable bonds is 6. The van der Waals surface area contributed by atoms with E-state index in [1.807, 2.05) is 6.92 Å². The molecule has 3 rings (SSSR count). The molecule has 5 nitrogen and oxygen atoms in total. The van der Waals surface area contributed by atoms with Crippen molar-refractivity contribution >= 4 is 15.9 Å². The Morgan fingerprint density at radius 1 is 1.08 bits per heavy atom. The van der Waals surface area contributed by atoms with E-state index >= 15 is 0 Å². The fraction of sp³-hybridized carbons (Fsp3) is 0.611. The third-order valence-electron chi connectivity index (χ3n) is 4.85. The normalized spacial score (nSPS) is 19.4. The summed E-state index contributed by atoms with van der Waals surface area (Å²) in [6.45, 7) is 1.86. The number of nitrogens with zero attached hydrogens (tertiary/aromatic N) is 1. The van der Waals surface area contributed by atoms with Crippen LogP contribution in [0.2, 0.25) is 0 Å². The van der Waals surface area contributed by atoms with Crippen LogP contribution in [0, 0.1) is 6.92 Å². The van der Waals surface area contributed by atoms with Crippen molar-refractivity contribution in [1.29, 1.82) is 0 Å². The van der Waals surface area contributed by atoms with Gasteiger partial charge in [0.05, 0.1) is 11.4 Å². The van der Waals surface area contributed by atoms with Crippen LogP contribution < -0.4 is 5.32 Å². The standard InChI is InChI=1S/C18H26N2O3S/c1-14-7-11-17(12-8-14)24(22,23)20(16-5-3-2-4-6-16)13-18(21)19-15-9-10-15/h7-8,11-12,15-16H,2-6,9-10,13H2,1H3,(H,19,21). The third kappa shape index (κ3) is 4.16. The van der Waals surface area contributed by atoms with Gasteiger partial charge in [0.1, 0.15) is 0 Å². The Bertz CT molecular complexity index is 675. The molecule has 0 heterocycles. The first-order valence-corrected chi connectivity index (χ1v) is 10.3. The van der Waals surface area contributed by atoms with E-state index in [9.17, 15) is 13.2 Å². The molecule has 2 fully saturated rings. The van der Waals surface area contributed by atoms with Gasteiger partial charge < -0.3 is 5.32 Å². The maximum Gasteiger partial charge on any atom is 0.243 e. The summed E-state index contributed by atoms with van der Waals surface area (Å²) in [7, 11) is -3.66. The number of amides is 1. The second-order valence-electron chi connectivity index (χ2n) is 7.00. The summed E-state index contributed by atoms with van der Waals surface area (Å²) in [6.07, 6.45) is 6.86. The number of aryl methyl sites for hydroxylation is 1. The van der Waals surface area contributed by atoms with Gasteiger partial charge in [-0.3, -0.25) is 4.79 Å². The monoisotopic (exact) mass is 350 g/mol. The molecular weight excluding hydrogens is 324 g/mol. The number of hydrogen-bond donors (Lipinski definition) is 1. The first-order chi connectivity index (χ1) is 11.5. The van der Waals surface area contributed by atoms with Crippen molar-refractivity contribution in [2.75, 3.05) is 6.54 Å². The zero-order valence-electron chi connectivity index (χ0n) is 14.2. The largest absolute Gasteiger partial charge is 0.352 e. The number of carbonyl (C=O) groups is 1. The Kier molecular flexibility index (Phi) is 5.25. The van der Waals surface area contributed by atoms with E-state index in [1.54, 1.807) is 24.3 Å². The minimum absolute atomic E-state index is 0.0720. The molecule has 132 valence electrons. The van der Waals surface area contributed by atoms with Crippen molar-refractivity contribution < 1.29 is 13.2 Å². The summed E-state index contributed by atoms with van der Waals surface area (Å²) in [5.74, 6) is -0.182. The predicted octanol–water partition coefficient (Wildman–Crippen LogP) is 2.60. The lowest BCUT2D eigenvalue weighted by Crippen LogP contribution is -2.47. The highest BCUT2D eigenvalue weighted by Crippen LogP contribution is 2.28. The number of benzene rings is 1. The molecule has 0 aromatic heterocycles. The molecule has 1 aromatic carbocycles. The van der Waals surface area contributed by atoms with Gasteiger partial charge in [-0.25, -0.2) is 8.42 Å². The highest BCUT2D eigenvalue weighted by molar-refractivity contribution is 7.89. The van der Waals surface area contributed by atoms with Crippen molar-refractivity contribution in [3.63, 3.8) is 0 Å². The summed E-state index contributed by atoms with van der Waals surface area (Å²) in [4.78, 5) is 12.5. The van der Waals surface area contributed by atoms with Gasteiger partial charge in [0, 0.05) is 12.1 Å². The molecule has 2 aliphatic rings. The van der Waals surface area contributed by atoms with Gasteiger partial charge in [-0.1, -0.05) is 37.0 Å². The Morgan fingerprint density at radius 2 is 1.71 bits per heavy atom. The molecule has 0 atom stereocenters. The number of hydrogen-bond acceptors (Lipinski definition) is 3. The maximum absolute atomic E-state index is 13.1. The second-order valence-corrected chi connectivity index (χ2v) is 8.89. The van der Waals surface area contributed by atoms with Crippen molar-refractivity contribution in [2.45, 2.75) is 68.8 Å². The summed E-state index contributed by atoms with van der Waals surface area (Å²) >= 11 is 0. The number of nitrogens with one attached hydrogen (secondary N) is 1. The Balaban J connectivity index is 1.83. The molecule has 1 aromatic rings. The highest BCUT2D eigenvalue weighted by atomic mass is 32.2. The van der Waals surface area contributed by atoms with Crippen molar-refractivity contribution in [3.05, 3.63) is 29.8 Å². The van der Waals surface area contributed by atoms with Gasteiger partial charge in [0.25, 0.3) is 0 Å². The number of carbonyl (C=O) groups excluding carboxylic acids is 1. The van der Waals surface area contributed by atoms with Crippen molar-refractivity contribution in [2.24, 2.45) is 0 Å². The molecule has 1 amide bonds. The molecule has 0 radical (unpaired) electrons. The Morgan fingerprint density at radius 3 is 2.29 bits per heavy atom. The fourth-order valence-corrected chi connectivity index (χ4v) is 4.91. The van der Waals surface area contributed by atoms with E-state index in [4.69, 9.17) is 0 Å². The lowest BCUT2D eigenvalue weighted by Gasteiger charge is -2.33. The predicted molar refractivity (Wildman–Crippen MR) is 93.1 cm³/mol. The average Bonchev–Trinajstić information content (AvgIpc) is 3.37. The lowest BCUT2D eigenvalue weighted by atomic mass is 9.95. The van der Waals surface area contributed by atoms with Crippen molar-refractivity contribution in [1.82, 2.24) is 9.62 Å². The second kappa shape index (κ2) is 7.23. The minimum atomic E-state index is -3.66. The van der Waals surface area contributed by atoms with Crippen LogP contribution in [0.25, 0.3) is 0 Å². The molecule has 0 spiro atoms. The Hall–Kier alpha value is -1.40. The summed E-state index contributed by atoms with van der Waals surface area (Å²) in [5, 5.41) is 2.91. The van der Waals surface area contributed by atoms with Crippen LogP contribution in [0.1, 0.15) is 50.5 Å². The van der Waals surface area contributed by atoms with Crippen LogP contribution in [0.3, 0.4) is 0 Å². The zero-order chi connectivity index (χ0) is 17.2. The summed E-state index contributed by atoms with van der Waals surface area (Å²) < 4.78 is 27.7. The van der Waals surface area contributed by atoms with Gasteiger partial charge in [0.2, 0.25) is 15.9 Å². The van der Waals surface area contributed by atoms with E-state index in [1.165, 1.54) is 4.31 Å². The van der Waals surface area contributed by atoms with Gasteiger partial charge in [-0.15, -0.1) is 0 Å². The van der Waals surface area contributed by atoms with E-state index in [2.05, 4.69) is 5.32 Å². The first-order valence-electron chi connectivity index (χ1n) is 8.85. The smallest absolute Gasteiger partial charge is 0.243 e. The topological polar surface area (TPSA) is 66.5 Å². The maximum atomic E-state index is 13.1. The van der Waals surface area contributed by atoms with Gasteiger partial charge in [-0.2, -0.15) is 4.31 Å². The average molecular weight is 350 g/mol. The minimum Gasteiger partial charge on any atom is -0.352 e. The SMILES string of the molecule is Cc1ccc(S(=O)(=O)N(CC(=O)NC2CC2)C2CCCCC2)cc1. The van der Waals surface area contributed by atoms with Crippen LogP contribution in [-0.2, 0) is 14.8 Å². The van der Waals surface area contributed by atoms with Crippen LogP contribution in [0.5, 0.6) is 0 Å². The highest BCUT2D eigenvalue weighted by Gasteiger charge is 2.35. The quantitative estimate of drug-likeness (QED) is 0.857. The van der Waals surface area contributed by atoms with Gasteiger partial charge in [-0.05, 0) is 44.7 Å². The van der Waals surface area contributed by atoms with Crippen LogP contribution in [0.4, 0.5) is 0 Å². The van der Waals surface area contributed by atoms with E-state index in [0.29, 0.717) is 0 Å². The van der Waals surface area contributed by atoms with E-state index in [0.717, 1.165) is 50.5 Å². The van der Waals surface area contributed by atoms with Gasteiger partial charge >= 0.3 is 0 Å². The van der Waals surface area contributed by atoms with Crippen LogP contribution in [-0.4, -0.2) is 37.3 Å². The molecule has 2 saturated carbocycles. The molecule has 0 bridgehead atoms. The molecule has 2 aliphatic carbocycles. The molecular formula is C18H26N2O3S. The van der Waals surface area contributed by atoms with Gasteiger partial charge in [0.15, 0.2) is 0 Å². The molecule has 1 N–H and O–H groups in total.